The van der Waals surface area contributed by atoms with Gasteiger partial charge in [0.05, 0.1) is 0 Å². The maximum atomic E-state index is 10.5. The van der Waals surface area contributed by atoms with E-state index in [1.165, 1.54) is 4.13 Å². The highest BCUT2D eigenvalue weighted by molar-refractivity contribution is 8.07. The minimum Gasteiger partial charge on any atom is -0.207 e. The minimum absolute atomic E-state index is 0.494. The summed E-state index contributed by atoms with van der Waals surface area (Å²) in [6, 6.07) is 0. The third-order valence-corrected chi connectivity index (χ3v) is 3.41. The summed E-state index contributed by atoms with van der Waals surface area (Å²) < 4.78 is 43.4. The molecule has 0 aromatic carbocycles. The van der Waals surface area contributed by atoms with E-state index in [1.807, 2.05) is 0 Å². The second-order valence-corrected chi connectivity index (χ2v) is 5.02. The topological polar surface area (TPSA) is 80.3 Å². The monoisotopic (exact) mass is 197 g/mol. The zero-order chi connectivity index (χ0) is 9.12. The van der Waals surface area contributed by atoms with Crippen molar-refractivity contribution in [2.75, 3.05) is 0 Å². The lowest BCUT2D eigenvalue weighted by Crippen LogP contribution is -2.26. The van der Waals surface area contributed by atoms with Gasteiger partial charge in [0, 0.05) is 10.8 Å². The first-order valence-electron chi connectivity index (χ1n) is 2.36. The summed E-state index contributed by atoms with van der Waals surface area (Å²) in [6.45, 7) is 5.80. The second kappa shape index (κ2) is 3.16. The van der Waals surface area contributed by atoms with Crippen molar-refractivity contribution in [3.8, 4) is 0 Å². The molecule has 0 saturated carbocycles. The van der Waals surface area contributed by atoms with E-state index in [0.717, 1.165) is 0 Å². The van der Waals surface area contributed by atoms with Crippen LogP contribution in [0.15, 0.2) is 24.0 Å². The lowest BCUT2D eigenvalue weighted by molar-refractivity contribution is 0.587. The Morgan fingerprint density at radius 2 is 1.18 bits per heavy atom. The summed E-state index contributed by atoms with van der Waals surface area (Å²) in [5.74, 6) is 0. The predicted molar refractivity (Wildman–Crippen MR) is 41.4 cm³/mol. The van der Waals surface area contributed by atoms with Crippen LogP contribution < -0.4 is 4.13 Å². The van der Waals surface area contributed by atoms with Crippen LogP contribution in [0.1, 0.15) is 0 Å². The van der Waals surface area contributed by atoms with Crippen LogP contribution in [0.3, 0.4) is 0 Å². The molecule has 11 heavy (non-hydrogen) atoms. The number of hydrogen-bond donors (Lipinski definition) is 1. The van der Waals surface area contributed by atoms with E-state index in [1.54, 1.807) is 0 Å². The summed E-state index contributed by atoms with van der Waals surface area (Å²) >= 11 is 0. The number of rotatable bonds is 4. The molecular weight excluding hydrogens is 190 g/mol. The van der Waals surface area contributed by atoms with E-state index in [4.69, 9.17) is 0 Å². The van der Waals surface area contributed by atoms with Crippen molar-refractivity contribution in [2.24, 2.45) is 0 Å². The minimum atomic E-state index is -3.93. The molecule has 0 aliphatic rings. The van der Waals surface area contributed by atoms with E-state index in [2.05, 4.69) is 13.2 Å². The average molecular weight is 197 g/mol. The molecule has 0 amide bonds. The smallest absolute Gasteiger partial charge is 0.207 e. The van der Waals surface area contributed by atoms with Crippen molar-refractivity contribution >= 4 is 20.0 Å². The Labute approximate surface area is 65.5 Å². The maximum Gasteiger partial charge on any atom is 0.246 e. The lowest BCUT2D eigenvalue weighted by atomic mass is 11.3. The van der Waals surface area contributed by atoms with Gasteiger partial charge < -0.3 is 0 Å². The summed E-state index contributed by atoms with van der Waals surface area (Å²) in [5.41, 5.74) is 0. The molecule has 0 saturated heterocycles. The van der Waals surface area contributed by atoms with Gasteiger partial charge in [-0.1, -0.05) is 13.2 Å². The zero-order valence-corrected chi connectivity index (χ0v) is 7.15. The average Bonchev–Trinajstić information content (AvgIpc) is 1.86. The normalized spacial score (nSPS) is 12.4. The van der Waals surface area contributed by atoms with Gasteiger partial charge in [0.15, 0.2) is 0 Å². The quantitative estimate of drug-likeness (QED) is 0.660. The van der Waals surface area contributed by atoms with Crippen LogP contribution >= 0.6 is 0 Å². The van der Waals surface area contributed by atoms with E-state index >= 15 is 0 Å². The van der Waals surface area contributed by atoms with Gasteiger partial charge >= 0.3 is 0 Å². The first-order chi connectivity index (χ1) is 4.83. The van der Waals surface area contributed by atoms with Crippen LogP contribution in [-0.2, 0) is 20.0 Å². The third kappa shape index (κ3) is 3.91. The Hall–Kier alpha value is -0.660. The van der Waals surface area contributed by atoms with E-state index in [9.17, 15) is 16.8 Å². The van der Waals surface area contributed by atoms with Gasteiger partial charge in [0.2, 0.25) is 20.0 Å². The molecule has 0 radical (unpaired) electrons. The van der Waals surface area contributed by atoms with Crippen LogP contribution in [0.4, 0.5) is 0 Å². The number of nitrogens with one attached hydrogen (secondary N) is 1. The molecule has 0 unspecified atom stereocenters. The molecule has 0 aliphatic heterocycles. The van der Waals surface area contributed by atoms with E-state index in [0.29, 0.717) is 10.8 Å². The van der Waals surface area contributed by atoms with E-state index < -0.39 is 20.0 Å². The fourth-order valence-electron chi connectivity index (χ4n) is 0.230. The lowest BCUT2D eigenvalue weighted by Gasteiger charge is -1.97. The van der Waals surface area contributed by atoms with Crippen LogP contribution in [0.5, 0.6) is 0 Å². The van der Waals surface area contributed by atoms with Crippen LogP contribution in [0.2, 0.25) is 0 Å². The summed E-state index contributed by atoms with van der Waals surface area (Å²) in [7, 11) is -7.87. The van der Waals surface area contributed by atoms with Crippen molar-refractivity contribution in [1.29, 1.82) is 0 Å². The summed E-state index contributed by atoms with van der Waals surface area (Å²) in [6.07, 6.45) is 0. The van der Waals surface area contributed by atoms with Crippen molar-refractivity contribution in [3.05, 3.63) is 24.0 Å². The first kappa shape index (κ1) is 10.3. The standard InChI is InChI=1S/C4H7NO4S2/c1-3-10(6,7)5-11(8,9)4-2/h3-5H,1-2H2. The third-order valence-electron chi connectivity index (χ3n) is 0.671. The highest BCUT2D eigenvalue weighted by Crippen LogP contribution is 1.90. The SMILES string of the molecule is C=CS(=O)(=O)NS(=O)(=O)C=C. The first-order valence-corrected chi connectivity index (χ1v) is 5.46. The molecule has 0 aliphatic carbocycles. The van der Waals surface area contributed by atoms with Crippen molar-refractivity contribution in [2.45, 2.75) is 0 Å². The highest BCUT2D eigenvalue weighted by Gasteiger charge is 2.12. The summed E-state index contributed by atoms with van der Waals surface area (Å²) in [4.78, 5) is 0. The molecular formula is C4H7NO4S2. The van der Waals surface area contributed by atoms with Gasteiger partial charge in [-0.05, 0) is 0 Å². The summed E-state index contributed by atoms with van der Waals surface area (Å²) in [5, 5.41) is 0.988. The molecule has 1 N–H and O–H groups in total. The largest absolute Gasteiger partial charge is 0.246 e. The van der Waals surface area contributed by atoms with Gasteiger partial charge in [-0.25, -0.2) is 16.8 Å². The second-order valence-electron chi connectivity index (χ2n) is 1.51. The van der Waals surface area contributed by atoms with Gasteiger partial charge in [0.25, 0.3) is 0 Å². The molecule has 0 aromatic rings. The van der Waals surface area contributed by atoms with Crippen molar-refractivity contribution in [1.82, 2.24) is 4.13 Å². The highest BCUT2D eigenvalue weighted by atomic mass is 32.3. The molecule has 0 heterocycles. The van der Waals surface area contributed by atoms with Crippen molar-refractivity contribution in [3.63, 3.8) is 0 Å². The molecule has 0 fully saturated rings. The number of hydrogen-bond acceptors (Lipinski definition) is 4. The molecule has 0 spiro atoms. The van der Waals surface area contributed by atoms with Crippen molar-refractivity contribution < 1.29 is 16.8 Å². The molecule has 7 heteroatoms. The van der Waals surface area contributed by atoms with E-state index in [-0.39, 0.29) is 0 Å². The Bertz CT molecular complexity index is 314. The molecule has 0 aromatic heterocycles. The van der Waals surface area contributed by atoms with Crippen LogP contribution in [-0.4, -0.2) is 16.8 Å². The van der Waals surface area contributed by atoms with Gasteiger partial charge in [-0.3, -0.25) is 0 Å². The predicted octanol–water partition coefficient (Wildman–Crippen LogP) is -0.477. The zero-order valence-electron chi connectivity index (χ0n) is 5.52. The van der Waals surface area contributed by atoms with Gasteiger partial charge in [-0.15, -0.1) is 4.13 Å². The Morgan fingerprint density at radius 1 is 0.909 bits per heavy atom. The van der Waals surface area contributed by atoms with Crippen LogP contribution in [0.25, 0.3) is 0 Å². The number of sulfonamides is 2. The fraction of sp³-hybridized carbons (Fsp3) is 0. The van der Waals surface area contributed by atoms with Gasteiger partial charge in [-0.2, -0.15) is 0 Å². The van der Waals surface area contributed by atoms with Crippen LogP contribution in [0, 0.1) is 0 Å². The fourth-order valence-corrected chi connectivity index (χ4v) is 2.07. The molecule has 0 bridgehead atoms. The molecule has 0 atom stereocenters. The Balaban J connectivity index is 4.81. The van der Waals surface area contributed by atoms with Gasteiger partial charge in [0.1, 0.15) is 0 Å². The molecule has 0 rings (SSSR count). The molecule has 64 valence electrons. The molecule has 5 nitrogen and oxygen atoms in total. The Morgan fingerprint density at radius 3 is 1.36 bits per heavy atom. The maximum absolute atomic E-state index is 10.5. The Kier molecular flexibility index (Phi) is 2.97.